The molecule has 3 N–H and O–H groups in total. The summed E-state index contributed by atoms with van der Waals surface area (Å²) in [7, 11) is 2.14. The highest BCUT2D eigenvalue weighted by atomic mass is 19.3. The number of fused-ring (bicyclic) bond motifs is 1. The number of hydrogen-bond acceptors (Lipinski definition) is 7. The number of aryl methyl sites for hydroxylation is 1. The monoisotopic (exact) mass is 627 g/mol. The first kappa shape index (κ1) is 32.2. The van der Waals surface area contributed by atoms with E-state index in [2.05, 4.69) is 49.5 Å². The summed E-state index contributed by atoms with van der Waals surface area (Å²) in [4.78, 5) is 24.1. The molecular weight excluding hydrogens is 590 g/mol. The van der Waals surface area contributed by atoms with Crippen LogP contribution in [0.5, 0.6) is 5.75 Å². The SMILES string of the molecule is CCc1cc(Nc2nccn3c(-c4ccc(OC(F)F)c(F)c4F)cnc23)ccc1C(=O)NCC(C)CCN(C)CC1CNC1. The van der Waals surface area contributed by atoms with Gasteiger partial charge in [-0.05, 0) is 74.2 Å². The van der Waals surface area contributed by atoms with Crippen LogP contribution in [-0.4, -0.2) is 71.6 Å². The number of imidazole rings is 1. The Kier molecular flexibility index (Phi) is 10.2. The van der Waals surface area contributed by atoms with Crippen molar-refractivity contribution >= 4 is 23.1 Å². The quantitative estimate of drug-likeness (QED) is 0.159. The Hall–Kier alpha value is -4.23. The lowest BCUT2D eigenvalue weighted by Gasteiger charge is -2.31. The van der Waals surface area contributed by atoms with E-state index in [0.717, 1.165) is 56.2 Å². The van der Waals surface area contributed by atoms with Crippen LogP contribution in [0.4, 0.5) is 29.1 Å². The number of nitrogens with zero attached hydrogens (tertiary/aromatic N) is 4. The fourth-order valence-corrected chi connectivity index (χ4v) is 5.36. The van der Waals surface area contributed by atoms with Crippen molar-refractivity contribution in [3.63, 3.8) is 0 Å². The van der Waals surface area contributed by atoms with Gasteiger partial charge in [0.1, 0.15) is 0 Å². The lowest BCUT2D eigenvalue weighted by atomic mass is 10.0. The molecule has 2 aromatic carbocycles. The van der Waals surface area contributed by atoms with Crippen LogP contribution in [0.2, 0.25) is 0 Å². The highest BCUT2D eigenvalue weighted by Crippen LogP contribution is 2.32. The number of nitrogens with one attached hydrogen (secondary N) is 3. The summed E-state index contributed by atoms with van der Waals surface area (Å²) < 4.78 is 59.9. The molecule has 0 bridgehead atoms. The molecule has 13 heteroatoms. The number of ether oxygens (including phenoxy) is 1. The molecule has 1 aliphatic heterocycles. The minimum absolute atomic E-state index is 0.128. The first-order chi connectivity index (χ1) is 21.6. The molecule has 1 atom stereocenters. The van der Waals surface area contributed by atoms with E-state index in [0.29, 0.717) is 41.6 Å². The molecule has 1 fully saturated rings. The second-order valence-electron chi connectivity index (χ2n) is 11.5. The number of anilines is 2. The molecule has 5 rings (SSSR count). The van der Waals surface area contributed by atoms with E-state index < -0.39 is 24.0 Å². The Morgan fingerprint density at radius 2 is 1.98 bits per heavy atom. The first-order valence-electron chi connectivity index (χ1n) is 15.0. The maximum atomic E-state index is 14.9. The van der Waals surface area contributed by atoms with Crippen molar-refractivity contribution in [2.75, 3.05) is 45.1 Å². The number of hydrogen-bond donors (Lipinski definition) is 3. The first-order valence-corrected chi connectivity index (χ1v) is 15.0. The molecule has 0 saturated carbocycles. The van der Waals surface area contributed by atoms with E-state index in [1.54, 1.807) is 12.1 Å². The van der Waals surface area contributed by atoms with Crippen molar-refractivity contribution in [2.45, 2.75) is 33.3 Å². The molecule has 1 aliphatic rings. The maximum Gasteiger partial charge on any atom is 0.387 e. The van der Waals surface area contributed by atoms with Gasteiger partial charge < -0.3 is 25.6 Å². The standard InChI is InChI=1S/C32H37F4N7O2/c1-4-21-13-22(5-6-23(21)31(44)40-14-19(2)9-11-42(3)18-20-15-37-16-20)41-29-30-39-17-25(43(30)12-10-38-29)24-7-8-26(45-32(35)36)28(34)27(24)33/h5-8,10,12-13,17,19-20,32,37H,4,9,11,14-16,18H2,1-3H3,(H,38,41)(H,40,44). The lowest BCUT2D eigenvalue weighted by molar-refractivity contribution is -0.0525. The average Bonchev–Trinajstić information content (AvgIpc) is 3.43. The van der Waals surface area contributed by atoms with Crippen molar-refractivity contribution < 1.29 is 27.1 Å². The molecule has 0 aliphatic carbocycles. The van der Waals surface area contributed by atoms with Crippen LogP contribution >= 0.6 is 0 Å². The van der Waals surface area contributed by atoms with Gasteiger partial charge in [-0.1, -0.05) is 13.8 Å². The molecule has 1 amide bonds. The van der Waals surface area contributed by atoms with Crippen LogP contribution in [0.15, 0.2) is 48.9 Å². The number of aromatic nitrogens is 3. The number of alkyl halides is 2. The van der Waals surface area contributed by atoms with Gasteiger partial charge in [0.25, 0.3) is 5.91 Å². The van der Waals surface area contributed by atoms with Gasteiger partial charge in [0, 0.05) is 55.4 Å². The molecule has 4 aromatic rings. The van der Waals surface area contributed by atoms with Gasteiger partial charge in [-0.3, -0.25) is 9.20 Å². The number of rotatable bonds is 14. The molecule has 1 unspecified atom stereocenters. The largest absolute Gasteiger partial charge is 0.432 e. The smallest absolute Gasteiger partial charge is 0.387 e. The van der Waals surface area contributed by atoms with Gasteiger partial charge in [0.2, 0.25) is 5.82 Å². The van der Waals surface area contributed by atoms with Gasteiger partial charge in [-0.15, -0.1) is 0 Å². The van der Waals surface area contributed by atoms with Crippen LogP contribution in [0.3, 0.4) is 0 Å². The highest BCUT2D eigenvalue weighted by molar-refractivity contribution is 5.96. The van der Waals surface area contributed by atoms with Crippen molar-refractivity contribution in [1.82, 2.24) is 29.9 Å². The van der Waals surface area contributed by atoms with Crippen LogP contribution in [0, 0.1) is 23.5 Å². The normalized spacial score (nSPS) is 14.2. The van der Waals surface area contributed by atoms with E-state index in [1.165, 1.54) is 23.0 Å². The molecule has 2 aromatic heterocycles. The number of amides is 1. The van der Waals surface area contributed by atoms with Gasteiger partial charge >= 0.3 is 6.61 Å². The van der Waals surface area contributed by atoms with Crippen LogP contribution in [0.25, 0.3) is 16.9 Å². The summed E-state index contributed by atoms with van der Waals surface area (Å²) >= 11 is 0. The summed E-state index contributed by atoms with van der Waals surface area (Å²) in [6.07, 6.45) is 5.95. The van der Waals surface area contributed by atoms with Gasteiger partial charge in [0.15, 0.2) is 23.0 Å². The minimum Gasteiger partial charge on any atom is -0.432 e. The minimum atomic E-state index is -3.29. The molecule has 0 spiro atoms. The van der Waals surface area contributed by atoms with Crippen LogP contribution in [0.1, 0.15) is 36.2 Å². The summed E-state index contributed by atoms with van der Waals surface area (Å²) in [6.45, 7) is 5.66. The van der Waals surface area contributed by atoms with Gasteiger partial charge in [0.05, 0.1) is 11.9 Å². The summed E-state index contributed by atoms with van der Waals surface area (Å²) in [5.74, 6) is -2.47. The predicted octanol–water partition coefficient (Wildman–Crippen LogP) is 5.49. The van der Waals surface area contributed by atoms with E-state index in [1.807, 2.05) is 13.0 Å². The maximum absolute atomic E-state index is 14.9. The van der Waals surface area contributed by atoms with Crippen molar-refractivity contribution in [3.8, 4) is 17.0 Å². The Balaban J connectivity index is 1.25. The average molecular weight is 628 g/mol. The third-order valence-electron chi connectivity index (χ3n) is 8.01. The van der Waals surface area contributed by atoms with Gasteiger partial charge in [-0.2, -0.15) is 13.2 Å². The van der Waals surface area contributed by atoms with E-state index in [-0.39, 0.29) is 17.2 Å². The molecule has 45 heavy (non-hydrogen) atoms. The zero-order valence-electron chi connectivity index (χ0n) is 25.4. The Morgan fingerprint density at radius 1 is 1.18 bits per heavy atom. The predicted molar refractivity (Wildman–Crippen MR) is 164 cm³/mol. The number of carbonyl (C=O) groups excluding carboxylic acids is 1. The zero-order chi connectivity index (χ0) is 32.1. The molecule has 9 nitrogen and oxygen atoms in total. The number of carbonyl (C=O) groups is 1. The van der Waals surface area contributed by atoms with E-state index in [4.69, 9.17) is 0 Å². The highest BCUT2D eigenvalue weighted by Gasteiger charge is 2.22. The molecule has 1 saturated heterocycles. The second kappa shape index (κ2) is 14.2. The zero-order valence-corrected chi connectivity index (χ0v) is 25.4. The third kappa shape index (κ3) is 7.54. The molecule has 0 radical (unpaired) electrons. The molecule has 3 heterocycles. The lowest BCUT2D eigenvalue weighted by Crippen LogP contribution is -2.47. The summed E-state index contributed by atoms with van der Waals surface area (Å²) in [5, 5.41) is 9.58. The van der Waals surface area contributed by atoms with Crippen molar-refractivity contribution in [3.05, 3.63) is 71.7 Å². The fraction of sp³-hybridized carbons (Fsp3) is 0.406. The summed E-state index contributed by atoms with van der Waals surface area (Å²) in [5.41, 5.74) is 2.43. The van der Waals surface area contributed by atoms with Crippen LogP contribution < -0.4 is 20.7 Å². The summed E-state index contributed by atoms with van der Waals surface area (Å²) in [6, 6.07) is 7.50. The van der Waals surface area contributed by atoms with Crippen molar-refractivity contribution in [2.24, 2.45) is 11.8 Å². The topological polar surface area (TPSA) is 95.8 Å². The molecular formula is C32H37F4N7O2. The third-order valence-corrected chi connectivity index (χ3v) is 8.01. The Labute approximate surface area is 259 Å². The number of halogens is 4. The van der Waals surface area contributed by atoms with E-state index in [9.17, 15) is 22.4 Å². The van der Waals surface area contributed by atoms with E-state index >= 15 is 0 Å². The Bertz CT molecular complexity index is 1640. The van der Waals surface area contributed by atoms with Crippen LogP contribution in [-0.2, 0) is 6.42 Å². The van der Waals surface area contributed by atoms with Crippen molar-refractivity contribution in [1.29, 1.82) is 0 Å². The Morgan fingerprint density at radius 3 is 2.69 bits per heavy atom. The fourth-order valence-electron chi connectivity index (χ4n) is 5.36. The second-order valence-corrected chi connectivity index (χ2v) is 11.5. The molecule has 240 valence electrons. The number of benzene rings is 2. The van der Waals surface area contributed by atoms with Gasteiger partial charge in [-0.25, -0.2) is 14.4 Å².